The number of anilines is 1. The summed E-state index contributed by atoms with van der Waals surface area (Å²) >= 11 is 0. The quantitative estimate of drug-likeness (QED) is 0.229. The lowest BCUT2D eigenvalue weighted by molar-refractivity contribution is 0.0830. The molecule has 0 aliphatic rings. The largest absolute Gasteiger partial charge is 0.390 e. The lowest BCUT2D eigenvalue weighted by atomic mass is 10.00. The Hall–Kier alpha value is -3.34. The molecule has 7 nitrogen and oxygen atoms in total. The van der Waals surface area contributed by atoms with E-state index in [9.17, 15) is 27.1 Å². The van der Waals surface area contributed by atoms with Crippen molar-refractivity contribution in [2.24, 2.45) is 5.92 Å². The molecule has 0 unspecified atom stereocenters. The van der Waals surface area contributed by atoms with Crippen molar-refractivity contribution in [3.63, 3.8) is 0 Å². The Morgan fingerprint density at radius 3 is 2.27 bits per heavy atom. The molecule has 4 N–H and O–H groups in total. The molecule has 40 heavy (non-hydrogen) atoms. The van der Waals surface area contributed by atoms with Gasteiger partial charge in [0.05, 0.1) is 17.9 Å². The van der Waals surface area contributed by atoms with Crippen molar-refractivity contribution in [2.45, 2.75) is 52.3 Å². The van der Waals surface area contributed by atoms with Crippen molar-refractivity contribution in [3.05, 3.63) is 101 Å². The number of aliphatic hydroxyl groups excluding tert-OH is 1. The third-order valence-electron chi connectivity index (χ3n) is 6.19. The maximum atomic E-state index is 13.9. The summed E-state index contributed by atoms with van der Waals surface area (Å²) < 4.78 is 54.9. The molecule has 0 saturated carbocycles. The number of amides is 1. The van der Waals surface area contributed by atoms with Gasteiger partial charge in [-0.3, -0.25) is 9.52 Å². The van der Waals surface area contributed by atoms with E-state index in [-0.39, 0.29) is 41.5 Å². The number of carbonyl (C=O) groups is 1. The fraction of sp³-hybridized carbons (Fsp3) is 0.367. The van der Waals surface area contributed by atoms with Gasteiger partial charge >= 0.3 is 0 Å². The molecule has 0 fully saturated rings. The van der Waals surface area contributed by atoms with Gasteiger partial charge in [-0.25, -0.2) is 17.2 Å². The van der Waals surface area contributed by atoms with Crippen molar-refractivity contribution in [1.29, 1.82) is 0 Å². The zero-order valence-electron chi connectivity index (χ0n) is 23.0. The van der Waals surface area contributed by atoms with Crippen LogP contribution in [0.4, 0.5) is 14.5 Å². The molecule has 3 rings (SSSR count). The maximum absolute atomic E-state index is 13.9. The molecule has 0 saturated heterocycles. The molecule has 0 aliphatic heterocycles. The highest BCUT2D eigenvalue weighted by Crippen LogP contribution is 2.16. The third kappa shape index (κ3) is 10.0. The predicted octanol–water partition coefficient (Wildman–Crippen LogP) is 4.42. The molecule has 3 aromatic carbocycles. The van der Waals surface area contributed by atoms with Crippen molar-refractivity contribution < 1.29 is 27.1 Å². The van der Waals surface area contributed by atoms with Crippen LogP contribution >= 0.6 is 0 Å². The number of hydrogen-bond donors (Lipinski definition) is 4. The minimum absolute atomic E-state index is 0.0324. The summed E-state index contributed by atoms with van der Waals surface area (Å²) in [5.41, 5.74) is 2.89. The standard InChI is InChI=1S/C30H37F2N3O4S/c1-4-21-7-5-8-22(11-21)17-33-18-29(36)28(14-23-12-25(31)16-26(32)13-23)34-30(37)24-9-6-10-27(15-24)35-40(38,39)19-20(2)3/h5-13,15-16,20,28-29,33,35-36H,4,14,17-19H2,1-3H3,(H,34,37)/t28-,29+/m0/s1. The van der Waals surface area contributed by atoms with Gasteiger partial charge in [0, 0.05) is 30.4 Å². The minimum atomic E-state index is -3.60. The van der Waals surface area contributed by atoms with E-state index in [1.807, 2.05) is 18.2 Å². The van der Waals surface area contributed by atoms with Crippen LogP contribution in [-0.4, -0.2) is 43.9 Å². The fourth-order valence-electron chi connectivity index (χ4n) is 4.37. The summed E-state index contributed by atoms with van der Waals surface area (Å²) in [6, 6.07) is 16.2. The number of sulfonamides is 1. The summed E-state index contributed by atoms with van der Waals surface area (Å²) in [5, 5.41) is 17.0. The average molecular weight is 574 g/mol. The Kier molecular flexibility index (Phi) is 11.2. The first kappa shape index (κ1) is 31.2. The van der Waals surface area contributed by atoms with E-state index in [2.05, 4.69) is 28.3 Å². The second-order valence-corrected chi connectivity index (χ2v) is 12.1. The smallest absolute Gasteiger partial charge is 0.251 e. The minimum Gasteiger partial charge on any atom is -0.390 e. The molecule has 0 spiro atoms. The number of hydrogen-bond acceptors (Lipinski definition) is 5. The summed E-state index contributed by atoms with van der Waals surface area (Å²) in [6.07, 6.45) is -0.234. The van der Waals surface area contributed by atoms with E-state index >= 15 is 0 Å². The van der Waals surface area contributed by atoms with Crippen LogP contribution in [0.15, 0.2) is 66.7 Å². The SMILES string of the molecule is CCc1cccc(CNC[C@@H](O)[C@H](Cc2cc(F)cc(F)c2)NC(=O)c2cccc(NS(=O)(=O)CC(C)C)c2)c1. The number of benzene rings is 3. The zero-order chi connectivity index (χ0) is 29.3. The number of nitrogens with one attached hydrogen (secondary N) is 3. The normalized spacial score (nSPS) is 13.2. The molecule has 216 valence electrons. The van der Waals surface area contributed by atoms with Gasteiger partial charge < -0.3 is 15.7 Å². The molecule has 1 amide bonds. The molecule has 0 bridgehead atoms. The van der Waals surface area contributed by atoms with Gasteiger partial charge in [0.15, 0.2) is 0 Å². The van der Waals surface area contributed by atoms with Crippen LogP contribution in [0.25, 0.3) is 0 Å². The van der Waals surface area contributed by atoms with Crippen molar-refractivity contribution in [2.75, 3.05) is 17.0 Å². The summed E-state index contributed by atoms with van der Waals surface area (Å²) in [5.74, 6) is -2.24. The molecule has 3 aromatic rings. The molecular formula is C30H37F2N3O4S. The van der Waals surface area contributed by atoms with Crippen LogP contribution in [0, 0.1) is 17.6 Å². The first-order valence-electron chi connectivity index (χ1n) is 13.3. The highest BCUT2D eigenvalue weighted by Gasteiger charge is 2.23. The van der Waals surface area contributed by atoms with E-state index in [1.54, 1.807) is 19.9 Å². The lowest BCUT2D eigenvalue weighted by Gasteiger charge is -2.25. The van der Waals surface area contributed by atoms with E-state index in [0.29, 0.717) is 6.54 Å². The topological polar surface area (TPSA) is 108 Å². The molecule has 0 aliphatic carbocycles. The molecule has 10 heteroatoms. The Bertz CT molecular complexity index is 1380. The van der Waals surface area contributed by atoms with Gasteiger partial charge in [-0.2, -0.15) is 0 Å². The van der Waals surface area contributed by atoms with Crippen LogP contribution in [0.2, 0.25) is 0 Å². The Labute approximate surface area is 235 Å². The molecular weight excluding hydrogens is 536 g/mol. The second-order valence-electron chi connectivity index (χ2n) is 10.3. The van der Waals surface area contributed by atoms with Crippen LogP contribution in [-0.2, 0) is 29.4 Å². The van der Waals surface area contributed by atoms with Gasteiger partial charge in [-0.1, -0.05) is 51.1 Å². The fourth-order valence-corrected chi connectivity index (χ4v) is 5.81. The third-order valence-corrected chi connectivity index (χ3v) is 7.84. The van der Waals surface area contributed by atoms with Crippen LogP contribution in [0.5, 0.6) is 0 Å². The van der Waals surface area contributed by atoms with Gasteiger partial charge in [-0.15, -0.1) is 0 Å². The number of carbonyl (C=O) groups excluding carboxylic acids is 1. The monoisotopic (exact) mass is 573 g/mol. The van der Waals surface area contributed by atoms with Crippen molar-refractivity contribution in [3.8, 4) is 0 Å². The van der Waals surface area contributed by atoms with Crippen LogP contribution in [0.3, 0.4) is 0 Å². The van der Waals surface area contributed by atoms with Gasteiger partial charge in [0.25, 0.3) is 5.91 Å². The van der Waals surface area contributed by atoms with Crippen molar-refractivity contribution in [1.82, 2.24) is 10.6 Å². The number of halogens is 2. The summed E-state index contributed by atoms with van der Waals surface area (Å²) in [7, 11) is -3.60. The van der Waals surface area contributed by atoms with Gasteiger partial charge in [0.2, 0.25) is 10.0 Å². The van der Waals surface area contributed by atoms with E-state index < -0.39 is 39.7 Å². The number of aliphatic hydroxyl groups is 1. The molecule has 2 atom stereocenters. The zero-order valence-corrected chi connectivity index (χ0v) is 23.8. The Morgan fingerprint density at radius 2 is 1.60 bits per heavy atom. The van der Waals surface area contributed by atoms with E-state index in [0.717, 1.165) is 30.2 Å². The number of rotatable bonds is 14. The maximum Gasteiger partial charge on any atom is 0.251 e. The Balaban J connectivity index is 1.74. The molecule has 0 radical (unpaired) electrons. The highest BCUT2D eigenvalue weighted by molar-refractivity contribution is 7.92. The second kappa shape index (κ2) is 14.3. The van der Waals surface area contributed by atoms with Crippen LogP contribution < -0.4 is 15.4 Å². The Morgan fingerprint density at radius 1 is 0.925 bits per heavy atom. The summed E-state index contributed by atoms with van der Waals surface area (Å²) in [4.78, 5) is 13.2. The average Bonchev–Trinajstić information content (AvgIpc) is 2.86. The predicted molar refractivity (Wildman–Crippen MR) is 154 cm³/mol. The highest BCUT2D eigenvalue weighted by atomic mass is 32.2. The van der Waals surface area contributed by atoms with Gasteiger partial charge in [-0.05, 0) is 65.8 Å². The van der Waals surface area contributed by atoms with Gasteiger partial charge in [0.1, 0.15) is 11.6 Å². The van der Waals surface area contributed by atoms with E-state index in [4.69, 9.17) is 0 Å². The number of aryl methyl sites for hydroxylation is 1. The summed E-state index contributed by atoms with van der Waals surface area (Å²) in [6.45, 7) is 6.23. The molecule has 0 heterocycles. The van der Waals surface area contributed by atoms with Crippen molar-refractivity contribution >= 4 is 21.6 Å². The lowest BCUT2D eigenvalue weighted by Crippen LogP contribution is -2.48. The van der Waals surface area contributed by atoms with E-state index in [1.165, 1.54) is 23.8 Å². The van der Waals surface area contributed by atoms with Crippen LogP contribution in [0.1, 0.15) is 47.8 Å². The first-order valence-corrected chi connectivity index (χ1v) is 14.9. The molecule has 0 aromatic heterocycles. The first-order chi connectivity index (χ1) is 18.9.